The lowest BCUT2D eigenvalue weighted by Gasteiger charge is -2.27. The van der Waals surface area contributed by atoms with Crippen molar-refractivity contribution < 1.29 is 9.53 Å². The summed E-state index contributed by atoms with van der Waals surface area (Å²) in [5, 5.41) is 4.57. The Balaban J connectivity index is 1.94. The normalized spacial score (nSPS) is 14.8. The van der Waals surface area contributed by atoms with Gasteiger partial charge in [0.15, 0.2) is 6.29 Å². The van der Waals surface area contributed by atoms with E-state index in [9.17, 15) is 4.79 Å². The van der Waals surface area contributed by atoms with Crippen molar-refractivity contribution in [3.05, 3.63) is 78.0 Å². The fourth-order valence-electron chi connectivity index (χ4n) is 2.98. The molecule has 1 heterocycles. The minimum atomic E-state index is -0.611. The molecule has 0 aliphatic carbocycles. The smallest absolute Gasteiger partial charge is 0.150 e. The third kappa shape index (κ3) is 3.92. The van der Waals surface area contributed by atoms with Crippen molar-refractivity contribution in [3.8, 4) is 0 Å². The quantitative estimate of drug-likeness (QED) is 0.667. The largest absolute Gasteiger partial charge is 0.372 e. The Kier molecular flexibility index (Phi) is 5.53. The van der Waals surface area contributed by atoms with Crippen molar-refractivity contribution in [2.45, 2.75) is 25.1 Å². The van der Waals surface area contributed by atoms with E-state index in [0.717, 1.165) is 28.4 Å². The fraction of sp³-hybridized carbons (Fsp3) is 0.238. The summed E-state index contributed by atoms with van der Waals surface area (Å²) < 4.78 is 5.39. The summed E-state index contributed by atoms with van der Waals surface area (Å²) in [6.45, 7) is 2.07. The number of carbonyl (C=O) groups is 1. The zero-order valence-electron chi connectivity index (χ0n) is 14.4. The van der Waals surface area contributed by atoms with Gasteiger partial charge in [0.2, 0.25) is 0 Å². The summed E-state index contributed by atoms with van der Waals surface area (Å²) >= 11 is 0. The molecular formula is C21H22N2O2. The lowest BCUT2D eigenvalue weighted by Crippen LogP contribution is -2.36. The highest BCUT2D eigenvalue weighted by molar-refractivity contribution is 5.78. The summed E-state index contributed by atoms with van der Waals surface area (Å²) in [6.07, 6.45) is 0.214. The molecule has 0 aliphatic heterocycles. The number of carbonyl (C=O) groups excluding carboxylic acids is 1. The number of hydrogen-bond donors (Lipinski definition) is 1. The van der Waals surface area contributed by atoms with E-state index in [0.29, 0.717) is 0 Å². The van der Waals surface area contributed by atoms with Gasteiger partial charge >= 0.3 is 0 Å². The van der Waals surface area contributed by atoms with Gasteiger partial charge < -0.3 is 9.53 Å². The first-order chi connectivity index (χ1) is 12.2. The molecule has 4 nitrogen and oxygen atoms in total. The van der Waals surface area contributed by atoms with Crippen LogP contribution in [0.25, 0.3) is 10.9 Å². The van der Waals surface area contributed by atoms with E-state index in [1.54, 1.807) is 7.11 Å². The van der Waals surface area contributed by atoms with E-state index in [2.05, 4.69) is 24.4 Å². The van der Waals surface area contributed by atoms with Crippen molar-refractivity contribution in [3.63, 3.8) is 0 Å². The molecule has 128 valence electrons. The Morgan fingerprint density at radius 3 is 2.44 bits per heavy atom. The number of hydrogen-bond acceptors (Lipinski definition) is 4. The molecule has 0 spiro atoms. The third-order valence-corrected chi connectivity index (χ3v) is 4.40. The summed E-state index contributed by atoms with van der Waals surface area (Å²) in [5.74, 6) is 0. The minimum Gasteiger partial charge on any atom is -0.372 e. The van der Waals surface area contributed by atoms with E-state index < -0.39 is 6.10 Å². The van der Waals surface area contributed by atoms with Crippen LogP contribution in [0.3, 0.4) is 0 Å². The van der Waals surface area contributed by atoms with E-state index in [1.165, 1.54) is 0 Å². The molecule has 0 aliphatic rings. The van der Waals surface area contributed by atoms with Crippen molar-refractivity contribution in [2.75, 3.05) is 7.11 Å². The number of aldehydes is 1. The molecule has 0 fully saturated rings. The second-order valence-corrected chi connectivity index (χ2v) is 6.04. The number of benzene rings is 2. The first-order valence-corrected chi connectivity index (χ1v) is 8.37. The summed E-state index contributed by atoms with van der Waals surface area (Å²) in [6, 6.07) is 21.8. The van der Waals surface area contributed by atoms with E-state index in [1.807, 2.05) is 54.6 Å². The Hall–Kier alpha value is -2.56. The first-order valence-electron chi connectivity index (χ1n) is 8.37. The van der Waals surface area contributed by atoms with Crippen LogP contribution in [-0.4, -0.2) is 24.5 Å². The van der Waals surface area contributed by atoms with Gasteiger partial charge in [-0.1, -0.05) is 54.6 Å². The van der Waals surface area contributed by atoms with Gasteiger partial charge in [-0.2, -0.15) is 0 Å². The molecule has 0 bridgehead atoms. The predicted octanol–water partition coefficient (Wildman–Crippen LogP) is 3.84. The van der Waals surface area contributed by atoms with E-state index in [4.69, 9.17) is 9.72 Å². The van der Waals surface area contributed by atoms with Crippen LogP contribution in [0, 0.1) is 0 Å². The average Bonchev–Trinajstić information content (AvgIpc) is 2.68. The molecule has 0 saturated heterocycles. The van der Waals surface area contributed by atoms with Gasteiger partial charge in [-0.3, -0.25) is 10.3 Å². The SMILES string of the molecule is COC(C=O)C(NC(C)c1ccccc1)c1ccc2ccccc2n1. The zero-order valence-corrected chi connectivity index (χ0v) is 14.4. The maximum absolute atomic E-state index is 11.5. The monoisotopic (exact) mass is 334 g/mol. The number of fused-ring (bicyclic) bond motifs is 1. The standard InChI is InChI=1S/C21H22N2O2/c1-15(16-8-4-3-5-9-16)22-21(20(14-24)25-2)19-13-12-17-10-6-7-11-18(17)23-19/h3-15,20-22H,1-2H3. The predicted molar refractivity (Wildman–Crippen MR) is 99.3 cm³/mol. The lowest BCUT2D eigenvalue weighted by molar-refractivity contribution is -0.118. The average molecular weight is 334 g/mol. The Morgan fingerprint density at radius 2 is 1.72 bits per heavy atom. The maximum atomic E-state index is 11.5. The van der Waals surface area contributed by atoms with Crippen molar-refractivity contribution >= 4 is 17.2 Å². The highest BCUT2D eigenvalue weighted by atomic mass is 16.5. The van der Waals surface area contributed by atoms with Crippen molar-refractivity contribution in [1.29, 1.82) is 0 Å². The first kappa shape index (κ1) is 17.3. The Bertz CT molecular complexity index is 835. The van der Waals surface area contributed by atoms with Gasteiger partial charge in [0.25, 0.3) is 0 Å². The van der Waals surface area contributed by atoms with Crippen LogP contribution in [0.2, 0.25) is 0 Å². The molecule has 0 saturated carbocycles. The van der Waals surface area contributed by atoms with Gasteiger partial charge in [0, 0.05) is 18.5 Å². The highest BCUT2D eigenvalue weighted by Gasteiger charge is 2.26. The number of aromatic nitrogens is 1. The minimum absolute atomic E-state index is 0.0528. The van der Waals surface area contributed by atoms with E-state index >= 15 is 0 Å². The second-order valence-electron chi connectivity index (χ2n) is 6.04. The topological polar surface area (TPSA) is 51.2 Å². The molecule has 0 amide bonds. The molecule has 3 rings (SSSR count). The Morgan fingerprint density at radius 1 is 1.00 bits per heavy atom. The molecular weight excluding hydrogens is 312 g/mol. The van der Waals surface area contributed by atoms with Crippen LogP contribution < -0.4 is 5.32 Å². The third-order valence-electron chi connectivity index (χ3n) is 4.40. The van der Waals surface area contributed by atoms with Crippen LogP contribution >= 0.6 is 0 Å². The van der Waals surface area contributed by atoms with Gasteiger partial charge in [-0.25, -0.2) is 0 Å². The second kappa shape index (κ2) is 8.01. The maximum Gasteiger partial charge on any atom is 0.150 e. The van der Waals surface area contributed by atoms with Crippen LogP contribution in [0.4, 0.5) is 0 Å². The molecule has 1 N–H and O–H groups in total. The molecule has 1 aromatic heterocycles. The van der Waals surface area contributed by atoms with Crippen LogP contribution in [0.1, 0.15) is 30.3 Å². The Labute approximate surface area is 147 Å². The molecule has 25 heavy (non-hydrogen) atoms. The molecule has 0 radical (unpaired) electrons. The molecule has 3 atom stereocenters. The molecule has 3 aromatic rings. The van der Waals surface area contributed by atoms with Crippen LogP contribution in [0.15, 0.2) is 66.7 Å². The summed E-state index contributed by atoms with van der Waals surface area (Å²) in [5.41, 5.74) is 2.84. The van der Waals surface area contributed by atoms with Gasteiger partial charge in [0.05, 0.1) is 17.3 Å². The number of pyridine rings is 1. The van der Waals surface area contributed by atoms with Gasteiger partial charge in [-0.05, 0) is 24.6 Å². The van der Waals surface area contributed by atoms with Crippen molar-refractivity contribution in [1.82, 2.24) is 10.3 Å². The molecule has 2 aromatic carbocycles. The van der Waals surface area contributed by atoms with Crippen molar-refractivity contribution in [2.24, 2.45) is 0 Å². The number of methoxy groups -OCH3 is 1. The summed E-state index contributed by atoms with van der Waals surface area (Å²) in [4.78, 5) is 16.3. The summed E-state index contributed by atoms with van der Waals surface area (Å²) in [7, 11) is 1.54. The number of rotatable bonds is 7. The highest BCUT2D eigenvalue weighted by Crippen LogP contribution is 2.24. The fourth-order valence-corrected chi connectivity index (χ4v) is 2.98. The number of nitrogens with zero attached hydrogens (tertiary/aromatic N) is 1. The number of ether oxygens (including phenoxy) is 1. The van der Waals surface area contributed by atoms with Crippen LogP contribution in [0.5, 0.6) is 0 Å². The van der Waals surface area contributed by atoms with Gasteiger partial charge in [0.1, 0.15) is 6.10 Å². The lowest BCUT2D eigenvalue weighted by atomic mass is 10.0. The zero-order chi connectivity index (χ0) is 17.6. The number of para-hydroxylation sites is 1. The van der Waals surface area contributed by atoms with Gasteiger partial charge in [-0.15, -0.1) is 0 Å². The van der Waals surface area contributed by atoms with Crippen LogP contribution in [-0.2, 0) is 9.53 Å². The molecule has 4 heteroatoms. The van der Waals surface area contributed by atoms with E-state index in [-0.39, 0.29) is 12.1 Å². The number of nitrogens with one attached hydrogen (secondary N) is 1. The molecule has 3 unspecified atom stereocenters.